The Bertz CT molecular complexity index is 1060. The van der Waals surface area contributed by atoms with Crippen LogP contribution in [-0.4, -0.2) is 31.1 Å². The minimum atomic E-state index is -4.75. The molecule has 0 aliphatic carbocycles. The Hall–Kier alpha value is -1.84. The Morgan fingerprint density at radius 2 is 1.89 bits per heavy atom. The van der Waals surface area contributed by atoms with Gasteiger partial charge in [0.25, 0.3) is 5.91 Å². The molecule has 3 rings (SSSR count). The molecule has 0 fully saturated rings. The molecule has 0 unspecified atom stereocenters. The molecular formula is C16H11Cl3N2O5S. The highest BCUT2D eigenvalue weighted by Crippen LogP contribution is 2.36. The third kappa shape index (κ3) is 4.36. The number of rotatable bonds is 3. The lowest BCUT2D eigenvalue weighted by Crippen LogP contribution is -2.38. The molecule has 7 nitrogen and oxygen atoms in total. The second kappa shape index (κ2) is 7.65. The Balaban J connectivity index is 2.05. The van der Waals surface area contributed by atoms with Crippen LogP contribution in [0.2, 0.25) is 15.1 Å². The van der Waals surface area contributed by atoms with E-state index >= 15 is 0 Å². The summed E-state index contributed by atoms with van der Waals surface area (Å²) in [6, 6.07) is 9.32. The van der Waals surface area contributed by atoms with Crippen molar-refractivity contribution in [2.45, 2.75) is 6.42 Å². The number of hydrogen-bond donors (Lipinski definition) is 1. The summed E-state index contributed by atoms with van der Waals surface area (Å²) in [5, 5.41) is 4.31. The fourth-order valence-electron chi connectivity index (χ4n) is 2.69. The maximum atomic E-state index is 13.0. The van der Waals surface area contributed by atoms with Gasteiger partial charge < -0.3 is 4.90 Å². The number of hydrogen-bond acceptors (Lipinski definition) is 5. The van der Waals surface area contributed by atoms with E-state index in [2.05, 4.69) is 9.44 Å². The topological polar surface area (TPSA) is 96.3 Å². The molecule has 2 aromatic carbocycles. The lowest BCUT2D eigenvalue weighted by atomic mass is 9.98. The first-order valence-corrected chi connectivity index (χ1v) is 9.96. The molecule has 1 N–H and O–H groups in total. The van der Waals surface area contributed by atoms with E-state index in [1.54, 1.807) is 24.3 Å². The van der Waals surface area contributed by atoms with Crippen LogP contribution in [0.3, 0.4) is 0 Å². The van der Waals surface area contributed by atoms with E-state index < -0.39 is 16.3 Å². The Kier molecular flexibility index (Phi) is 5.64. The largest absolute Gasteiger partial charge is 0.466 e. The van der Waals surface area contributed by atoms with Gasteiger partial charge in [0.05, 0.1) is 27.0 Å². The van der Waals surface area contributed by atoms with Gasteiger partial charge in [-0.25, -0.2) is 4.28 Å². The molecular weight excluding hydrogens is 439 g/mol. The van der Waals surface area contributed by atoms with Crippen LogP contribution in [0.15, 0.2) is 41.6 Å². The molecule has 1 amide bonds. The van der Waals surface area contributed by atoms with Crippen LogP contribution >= 0.6 is 34.8 Å². The summed E-state index contributed by atoms with van der Waals surface area (Å²) in [6.07, 6.45) is 0.166. The number of anilines is 1. The summed E-state index contributed by atoms with van der Waals surface area (Å²) in [5.41, 5.74) is 1.19. The van der Waals surface area contributed by atoms with Crippen LogP contribution in [0, 0.1) is 0 Å². The molecule has 0 aromatic heterocycles. The summed E-state index contributed by atoms with van der Waals surface area (Å²) in [4.78, 5) is 14.4. The SMILES string of the molecule is O=C(c1ccc(Cl)cc1Cl)N1CC/C(=N\OS(=O)(=O)O)c2cccc(Cl)c21. The van der Waals surface area contributed by atoms with E-state index in [1.165, 1.54) is 17.0 Å². The lowest BCUT2D eigenvalue weighted by molar-refractivity contribution is 0.0987. The highest BCUT2D eigenvalue weighted by atomic mass is 35.5. The zero-order valence-electron chi connectivity index (χ0n) is 13.4. The van der Waals surface area contributed by atoms with E-state index in [1.807, 2.05) is 0 Å². The third-order valence-corrected chi connectivity index (χ3v) is 4.90. The molecule has 1 aliphatic heterocycles. The number of nitrogens with zero attached hydrogens (tertiary/aromatic N) is 2. The van der Waals surface area contributed by atoms with Crippen molar-refractivity contribution in [1.29, 1.82) is 0 Å². The van der Waals surface area contributed by atoms with Crippen molar-refractivity contribution in [2.75, 3.05) is 11.4 Å². The van der Waals surface area contributed by atoms with Crippen LogP contribution in [0.5, 0.6) is 0 Å². The molecule has 11 heteroatoms. The van der Waals surface area contributed by atoms with Crippen molar-refractivity contribution in [3.8, 4) is 0 Å². The van der Waals surface area contributed by atoms with Crippen LogP contribution in [-0.2, 0) is 14.7 Å². The predicted molar refractivity (Wildman–Crippen MR) is 103 cm³/mol. The molecule has 27 heavy (non-hydrogen) atoms. The van der Waals surface area contributed by atoms with Crippen LogP contribution in [0.4, 0.5) is 5.69 Å². The molecule has 0 saturated carbocycles. The van der Waals surface area contributed by atoms with E-state index in [4.69, 9.17) is 39.4 Å². The zero-order chi connectivity index (χ0) is 19.8. The first kappa shape index (κ1) is 19.9. The van der Waals surface area contributed by atoms with Crippen molar-refractivity contribution in [3.63, 3.8) is 0 Å². The second-order valence-corrected chi connectivity index (χ2v) is 7.76. The van der Waals surface area contributed by atoms with Gasteiger partial charge in [-0.15, -0.1) is 0 Å². The van der Waals surface area contributed by atoms with Gasteiger partial charge in [-0.05, 0) is 24.3 Å². The van der Waals surface area contributed by atoms with Gasteiger partial charge in [0, 0.05) is 23.6 Å². The maximum Gasteiger partial charge on any atom is 0.466 e. The second-order valence-electron chi connectivity index (χ2n) is 5.51. The average Bonchev–Trinajstić information content (AvgIpc) is 2.58. The van der Waals surface area contributed by atoms with Crippen LogP contribution < -0.4 is 4.90 Å². The zero-order valence-corrected chi connectivity index (χ0v) is 16.5. The van der Waals surface area contributed by atoms with Crippen molar-refractivity contribution in [3.05, 3.63) is 62.6 Å². The fraction of sp³-hybridized carbons (Fsp3) is 0.125. The molecule has 0 atom stereocenters. The number of fused-ring (bicyclic) bond motifs is 1. The Morgan fingerprint density at radius 3 is 2.56 bits per heavy atom. The highest BCUT2D eigenvalue weighted by Gasteiger charge is 2.30. The number of para-hydroxylation sites is 1. The first-order chi connectivity index (χ1) is 12.7. The van der Waals surface area contributed by atoms with E-state index in [0.717, 1.165) is 0 Å². The van der Waals surface area contributed by atoms with Crippen LogP contribution in [0.1, 0.15) is 22.3 Å². The molecule has 0 saturated heterocycles. The molecule has 142 valence electrons. The summed E-state index contributed by atoms with van der Waals surface area (Å²) < 4.78 is 34.4. The van der Waals surface area contributed by atoms with Crippen molar-refractivity contribution < 1.29 is 22.0 Å². The summed E-state index contributed by atoms with van der Waals surface area (Å²) >= 11 is 18.3. The van der Waals surface area contributed by atoms with Gasteiger partial charge in [0.2, 0.25) is 0 Å². The number of carbonyl (C=O) groups excluding carboxylic acids is 1. The van der Waals surface area contributed by atoms with Gasteiger partial charge in [0.15, 0.2) is 0 Å². The predicted octanol–water partition coefficient (Wildman–Crippen LogP) is 4.22. The molecule has 0 bridgehead atoms. The van der Waals surface area contributed by atoms with E-state index in [0.29, 0.717) is 16.3 Å². The number of oxime groups is 1. The number of halogens is 3. The first-order valence-electron chi connectivity index (χ1n) is 7.46. The summed E-state index contributed by atoms with van der Waals surface area (Å²) in [5.74, 6) is -0.402. The van der Waals surface area contributed by atoms with Gasteiger partial charge >= 0.3 is 10.4 Å². The average molecular weight is 450 g/mol. The molecule has 2 aromatic rings. The summed E-state index contributed by atoms with van der Waals surface area (Å²) in [6.45, 7) is 0.141. The minimum Gasteiger partial charge on any atom is -0.306 e. The summed E-state index contributed by atoms with van der Waals surface area (Å²) in [7, 11) is -4.75. The van der Waals surface area contributed by atoms with Crippen LogP contribution in [0.25, 0.3) is 0 Å². The van der Waals surface area contributed by atoms with Gasteiger partial charge in [-0.3, -0.25) is 9.35 Å². The minimum absolute atomic E-state index is 0.141. The van der Waals surface area contributed by atoms with Crippen molar-refractivity contribution in [2.24, 2.45) is 5.16 Å². The normalized spacial score (nSPS) is 15.6. The Labute approximate surface area is 170 Å². The maximum absolute atomic E-state index is 13.0. The quantitative estimate of drug-likeness (QED) is 0.559. The standard InChI is InChI=1S/C16H11Cl3N2O5S/c17-9-4-5-10(13(19)8-9)16(22)21-7-6-14(20-26-27(23,24)25)11-2-1-3-12(18)15(11)21/h1-5,8H,6-7H2,(H,23,24,25)/b20-14+. The number of benzene rings is 2. The van der Waals surface area contributed by atoms with Gasteiger partial charge in [-0.1, -0.05) is 52.1 Å². The van der Waals surface area contributed by atoms with Gasteiger partial charge in [0.1, 0.15) is 0 Å². The highest BCUT2D eigenvalue weighted by molar-refractivity contribution is 7.80. The lowest BCUT2D eigenvalue weighted by Gasteiger charge is -2.31. The Morgan fingerprint density at radius 1 is 1.15 bits per heavy atom. The molecule has 0 spiro atoms. The molecule has 1 aliphatic rings. The van der Waals surface area contributed by atoms with Crippen molar-refractivity contribution in [1.82, 2.24) is 0 Å². The third-order valence-electron chi connectivity index (χ3n) is 3.79. The molecule has 1 heterocycles. The fourth-order valence-corrected chi connectivity index (χ4v) is 3.64. The van der Waals surface area contributed by atoms with E-state index in [9.17, 15) is 13.2 Å². The van der Waals surface area contributed by atoms with E-state index in [-0.39, 0.29) is 34.3 Å². The van der Waals surface area contributed by atoms with Gasteiger partial charge in [-0.2, -0.15) is 8.42 Å². The number of amides is 1. The molecule has 0 radical (unpaired) electrons. The monoisotopic (exact) mass is 448 g/mol. The smallest absolute Gasteiger partial charge is 0.306 e. The number of carbonyl (C=O) groups is 1. The van der Waals surface area contributed by atoms with Crippen molar-refractivity contribution >= 4 is 62.5 Å².